The fourth-order valence-electron chi connectivity index (χ4n) is 1.87. The summed E-state index contributed by atoms with van der Waals surface area (Å²) in [6.45, 7) is 2.84. The summed E-state index contributed by atoms with van der Waals surface area (Å²) in [5, 5.41) is 0. The molecule has 1 aliphatic rings. The molecule has 2 unspecified atom stereocenters. The van der Waals surface area contributed by atoms with Gasteiger partial charge >= 0.3 is 0 Å². The predicted molar refractivity (Wildman–Crippen MR) is 52.9 cm³/mol. The van der Waals surface area contributed by atoms with E-state index in [1.54, 1.807) is 0 Å². The second-order valence-corrected chi connectivity index (χ2v) is 3.75. The smallest absolute Gasteiger partial charge is 0.122 e. The van der Waals surface area contributed by atoms with E-state index in [1.807, 2.05) is 12.1 Å². The second-order valence-electron chi connectivity index (χ2n) is 3.75. The van der Waals surface area contributed by atoms with Crippen molar-refractivity contribution in [2.24, 2.45) is 5.73 Å². The molecule has 0 radical (unpaired) electrons. The lowest BCUT2D eigenvalue weighted by molar-refractivity contribution is 0.292. The average Bonchev–Trinajstić information content (AvgIpc) is 2.27. The third-order valence-corrected chi connectivity index (χ3v) is 2.56. The highest BCUT2D eigenvalue weighted by atomic mass is 16.5. The SMILES string of the molecule is CC1CC(N)COc2ccccc21. The van der Waals surface area contributed by atoms with Crippen LogP contribution in [-0.2, 0) is 0 Å². The van der Waals surface area contributed by atoms with Gasteiger partial charge in [-0.1, -0.05) is 25.1 Å². The van der Waals surface area contributed by atoms with Crippen LogP contribution in [0.25, 0.3) is 0 Å². The number of para-hydroxylation sites is 1. The molecule has 1 aromatic carbocycles. The van der Waals surface area contributed by atoms with Gasteiger partial charge < -0.3 is 10.5 Å². The molecule has 0 saturated heterocycles. The molecule has 1 aliphatic heterocycles. The zero-order valence-corrected chi connectivity index (χ0v) is 7.86. The Morgan fingerprint density at radius 2 is 2.15 bits per heavy atom. The van der Waals surface area contributed by atoms with Crippen molar-refractivity contribution in [1.82, 2.24) is 0 Å². The van der Waals surface area contributed by atoms with Crippen molar-refractivity contribution in [3.8, 4) is 5.75 Å². The summed E-state index contributed by atoms with van der Waals surface area (Å²) in [7, 11) is 0. The molecule has 0 saturated carbocycles. The van der Waals surface area contributed by atoms with Crippen LogP contribution < -0.4 is 10.5 Å². The van der Waals surface area contributed by atoms with E-state index in [2.05, 4.69) is 19.1 Å². The first-order valence-electron chi connectivity index (χ1n) is 4.74. The van der Waals surface area contributed by atoms with E-state index in [4.69, 9.17) is 10.5 Å². The average molecular weight is 177 g/mol. The van der Waals surface area contributed by atoms with Crippen LogP contribution in [0.4, 0.5) is 0 Å². The minimum Gasteiger partial charge on any atom is -0.492 e. The first-order chi connectivity index (χ1) is 6.27. The summed E-state index contributed by atoms with van der Waals surface area (Å²) >= 11 is 0. The van der Waals surface area contributed by atoms with Crippen LogP contribution in [-0.4, -0.2) is 12.6 Å². The molecule has 2 nitrogen and oxygen atoms in total. The van der Waals surface area contributed by atoms with Gasteiger partial charge in [-0.05, 0) is 24.0 Å². The number of ether oxygens (including phenoxy) is 1. The molecular weight excluding hydrogens is 162 g/mol. The molecule has 2 rings (SSSR count). The fourth-order valence-corrected chi connectivity index (χ4v) is 1.87. The number of nitrogens with two attached hydrogens (primary N) is 1. The summed E-state index contributed by atoms with van der Waals surface area (Å²) in [5.74, 6) is 1.51. The Morgan fingerprint density at radius 1 is 1.38 bits per heavy atom. The van der Waals surface area contributed by atoms with Crippen LogP contribution in [0.3, 0.4) is 0 Å². The highest BCUT2D eigenvalue weighted by molar-refractivity contribution is 5.36. The summed E-state index contributed by atoms with van der Waals surface area (Å²) in [5.41, 5.74) is 7.17. The number of fused-ring (bicyclic) bond motifs is 1. The number of hydrogen-bond donors (Lipinski definition) is 1. The zero-order chi connectivity index (χ0) is 9.26. The van der Waals surface area contributed by atoms with Gasteiger partial charge in [0, 0.05) is 6.04 Å². The number of hydrogen-bond acceptors (Lipinski definition) is 2. The van der Waals surface area contributed by atoms with E-state index in [1.165, 1.54) is 5.56 Å². The molecule has 2 atom stereocenters. The molecule has 2 N–H and O–H groups in total. The monoisotopic (exact) mass is 177 g/mol. The standard InChI is InChI=1S/C11H15NO/c1-8-6-9(12)7-13-11-5-3-2-4-10(8)11/h2-5,8-9H,6-7,12H2,1H3. The molecule has 0 spiro atoms. The first kappa shape index (κ1) is 8.57. The van der Waals surface area contributed by atoms with Gasteiger partial charge in [0.25, 0.3) is 0 Å². The topological polar surface area (TPSA) is 35.2 Å². The predicted octanol–water partition coefficient (Wildman–Crippen LogP) is 1.90. The van der Waals surface area contributed by atoms with Crippen molar-refractivity contribution in [2.45, 2.75) is 25.3 Å². The zero-order valence-electron chi connectivity index (χ0n) is 7.86. The van der Waals surface area contributed by atoms with E-state index in [0.29, 0.717) is 12.5 Å². The Kier molecular flexibility index (Phi) is 2.23. The van der Waals surface area contributed by atoms with Gasteiger partial charge in [0.15, 0.2) is 0 Å². The first-order valence-corrected chi connectivity index (χ1v) is 4.74. The largest absolute Gasteiger partial charge is 0.492 e. The molecule has 0 aliphatic carbocycles. The van der Waals surface area contributed by atoms with Crippen molar-refractivity contribution in [2.75, 3.05) is 6.61 Å². The maximum atomic E-state index is 5.88. The summed E-state index contributed by atoms with van der Waals surface area (Å²) in [6.07, 6.45) is 1.01. The maximum Gasteiger partial charge on any atom is 0.122 e. The quantitative estimate of drug-likeness (QED) is 0.657. The molecule has 2 heteroatoms. The molecule has 0 amide bonds. The molecule has 1 heterocycles. The highest BCUT2D eigenvalue weighted by Crippen LogP contribution is 2.31. The van der Waals surface area contributed by atoms with Crippen molar-refractivity contribution in [3.63, 3.8) is 0 Å². The summed E-state index contributed by atoms with van der Waals surface area (Å²) in [4.78, 5) is 0. The van der Waals surface area contributed by atoms with E-state index in [9.17, 15) is 0 Å². The Bertz CT molecular complexity index is 298. The van der Waals surface area contributed by atoms with Gasteiger partial charge in [-0.25, -0.2) is 0 Å². The third-order valence-electron chi connectivity index (χ3n) is 2.56. The Labute approximate surface area is 78.7 Å². The van der Waals surface area contributed by atoms with Crippen molar-refractivity contribution >= 4 is 0 Å². The van der Waals surface area contributed by atoms with Crippen LogP contribution in [0, 0.1) is 0 Å². The summed E-state index contributed by atoms with van der Waals surface area (Å²) in [6, 6.07) is 8.36. The molecule has 13 heavy (non-hydrogen) atoms. The van der Waals surface area contributed by atoms with Gasteiger partial charge in [0.1, 0.15) is 12.4 Å². The van der Waals surface area contributed by atoms with Crippen molar-refractivity contribution < 1.29 is 4.74 Å². The minimum atomic E-state index is 0.169. The van der Waals surface area contributed by atoms with Crippen LogP contribution in [0.5, 0.6) is 5.75 Å². The molecule has 0 aromatic heterocycles. The van der Waals surface area contributed by atoms with Gasteiger partial charge in [0.2, 0.25) is 0 Å². The van der Waals surface area contributed by atoms with Crippen molar-refractivity contribution in [3.05, 3.63) is 29.8 Å². The molecule has 0 bridgehead atoms. The Hall–Kier alpha value is -1.02. The minimum absolute atomic E-state index is 0.169. The van der Waals surface area contributed by atoms with Gasteiger partial charge in [-0.3, -0.25) is 0 Å². The molecule has 1 aromatic rings. The van der Waals surface area contributed by atoms with Crippen LogP contribution in [0.1, 0.15) is 24.8 Å². The Balaban J connectivity index is 2.35. The van der Waals surface area contributed by atoms with Crippen molar-refractivity contribution in [1.29, 1.82) is 0 Å². The molecular formula is C11H15NO. The number of rotatable bonds is 0. The van der Waals surface area contributed by atoms with Gasteiger partial charge in [0.05, 0.1) is 0 Å². The van der Waals surface area contributed by atoms with Crippen LogP contribution in [0.2, 0.25) is 0 Å². The third kappa shape index (κ3) is 1.68. The lowest BCUT2D eigenvalue weighted by Gasteiger charge is -2.11. The van der Waals surface area contributed by atoms with E-state index >= 15 is 0 Å². The molecule has 70 valence electrons. The van der Waals surface area contributed by atoms with Crippen LogP contribution in [0.15, 0.2) is 24.3 Å². The Morgan fingerprint density at radius 3 is 3.00 bits per heavy atom. The number of benzene rings is 1. The lowest BCUT2D eigenvalue weighted by atomic mass is 9.95. The van der Waals surface area contributed by atoms with Gasteiger partial charge in [-0.15, -0.1) is 0 Å². The van der Waals surface area contributed by atoms with Gasteiger partial charge in [-0.2, -0.15) is 0 Å². The van der Waals surface area contributed by atoms with E-state index < -0.39 is 0 Å². The normalized spacial score (nSPS) is 27.2. The van der Waals surface area contributed by atoms with E-state index in [0.717, 1.165) is 12.2 Å². The molecule has 0 fully saturated rings. The second kappa shape index (κ2) is 3.38. The fraction of sp³-hybridized carbons (Fsp3) is 0.455. The van der Waals surface area contributed by atoms with Crippen LogP contribution >= 0.6 is 0 Å². The maximum absolute atomic E-state index is 5.88. The summed E-state index contributed by atoms with van der Waals surface area (Å²) < 4.78 is 5.61. The van der Waals surface area contributed by atoms with E-state index in [-0.39, 0.29) is 6.04 Å². The highest BCUT2D eigenvalue weighted by Gasteiger charge is 2.19. The lowest BCUT2D eigenvalue weighted by Crippen LogP contribution is -2.27.